The number of benzene rings is 2. The van der Waals surface area contributed by atoms with E-state index in [1.807, 2.05) is 62.4 Å². The van der Waals surface area contributed by atoms with Crippen molar-refractivity contribution in [3.63, 3.8) is 0 Å². The number of carbonyl (C=O) groups is 1. The first-order valence-corrected chi connectivity index (χ1v) is 10.4. The first-order valence-electron chi connectivity index (χ1n) is 9.56. The zero-order chi connectivity index (χ0) is 20.9. The molecule has 2 aromatic carbocycles. The molecule has 0 saturated heterocycles. The van der Waals surface area contributed by atoms with Crippen LogP contribution in [0.15, 0.2) is 61.2 Å². The monoisotopic (exact) mass is 419 g/mol. The van der Waals surface area contributed by atoms with E-state index in [2.05, 4.69) is 20.4 Å². The van der Waals surface area contributed by atoms with Gasteiger partial charge in [-0.3, -0.25) is 4.79 Å². The van der Waals surface area contributed by atoms with Crippen molar-refractivity contribution in [3.05, 3.63) is 77.3 Å². The van der Waals surface area contributed by atoms with Gasteiger partial charge >= 0.3 is 0 Å². The highest BCUT2D eigenvalue weighted by molar-refractivity contribution is 7.17. The predicted octanol–water partition coefficient (Wildman–Crippen LogP) is 4.41. The van der Waals surface area contributed by atoms with Crippen LogP contribution in [0.1, 0.15) is 27.9 Å². The molecule has 7 nitrogen and oxygen atoms in total. The van der Waals surface area contributed by atoms with Gasteiger partial charge in [0, 0.05) is 11.3 Å². The summed E-state index contributed by atoms with van der Waals surface area (Å²) in [4.78, 5) is 22.1. The van der Waals surface area contributed by atoms with Crippen molar-refractivity contribution in [3.8, 4) is 16.3 Å². The van der Waals surface area contributed by atoms with Crippen molar-refractivity contribution < 1.29 is 9.53 Å². The Labute approximate surface area is 178 Å². The van der Waals surface area contributed by atoms with Crippen LogP contribution in [-0.2, 0) is 6.54 Å². The lowest BCUT2D eigenvalue weighted by atomic mass is 10.1. The van der Waals surface area contributed by atoms with Crippen molar-refractivity contribution >= 4 is 22.9 Å². The number of anilines is 1. The Morgan fingerprint density at radius 3 is 2.70 bits per heavy atom. The Kier molecular flexibility index (Phi) is 5.85. The summed E-state index contributed by atoms with van der Waals surface area (Å²) in [6, 6.07) is 15.4. The first kappa shape index (κ1) is 19.8. The van der Waals surface area contributed by atoms with Gasteiger partial charge in [-0.25, -0.2) is 14.6 Å². The van der Waals surface area contributed by atoms with E-state index < -0.39 is 0 Å². The highest BCUT2D eigenvalue weighted by atomic mass is 32.1. The molecule has 1 amide bonds. The molecule has 0 aliphatic heterocycles. The Morgan fingerprint density at radius 1 is 1.17 bits per heavy atom. The number of amides is 1. The maximum Gasteiger partial charge on any atom is 0.267 e. The lowest BCUT2D eigenvalue weighted by Gasteiger charge is -2.10. The number of para-hydroxylation sites is 1. The second-order valence-electron chi connectivity index (χ2n) is 6.60. The zero-order valence-electron chi connectivity index (χ0n) is 16.7. The van der Waals surface area contributed by atoms with Crippen molar-refractivity contribution in [1.29, 1.82) is 0 Å². The van der Waals surface area contributed by atoms with Crippen LogP contribution < -0.4 is 10.1 Å². The van der Waals surface area contributed by atoms with Gasteiger partial charge < -0.3 is 10.1 Å². The summed E-state index contributed by atoms with van der Waals surface area (Å²) in [6.07, 6.45) is 3.14. The van der Waals surface area contributed by atoms with E-state index in [0.717, 1.165) is 27.6 Å². The fourth-order valence-electron chi connectivity index (χ4n) is 3.04. The van der Waals surface area contributed by atoms with E-state index in [9.17, 15) is 4.79 Å². The molecule has 2 aromatic heterocycles. The molecule has 0 aliphatic rings. The van der Waals surface area contributed by atoms with E-state index in [1.54, 1.807) is 11.0 Å². The number of aromatic nitrogens is 4. The number of hydrogen-bond donors (Lipinski definition) is 1. The Balaban J connectivity index is 1.53. The second-order valence-corrected chi connectivity index (χ2v) is 7.59. The molecule has 152 valence electrons. The number of thiazole rings is 1. The molecule has 0 aliphatic carbocycles. The van der Waals surface area contributed by atoms with Gasteiger partial charge in [0.15, 0.2) is 0 Å². The van der Waals surface area contributed by atoms with Crippen LogP contribution >= 0.6 is 11.3 Å². The van der Waals surface area contributed by atoms with Crippen LogP contribution in [0.25, 0.3) is 10.6 Å². The van der Waals surface area contributed by atoms with Crippen LogP contribution in [0.5, 0.6) is 5.75 Å². The molecule has 0 bridgehead atoms. The molecule has 4 rings (SSSR count). The number of nitrogens with one attached hydrogen (secondary N) is 1. The summed E-state index contributed by atoms with van der Waals surface area (Å²) in [6.45, 7) is 4.95. The Morgan fingerprint density at radius 2 is 1.97 bits per heavy atom. The number of nitrogens with zero attached hydrogens (tertiary/aromatic N) is 4. The van der Waals surface area contributed by atoms with Gasteiger partial charge in [-0.05, 0) is 49.7 Å². The average Bonchev–Trinajstić information content (AvgIpc) is 3.40. The summed E-state index contributed by atoms with van der Waals surface area (Å²) in [5.74, 6) is 0.643. The smallest absolute Gasteiger partial charge is 0.267 e. The average molecular weight is 420 g/mol. The molecule has 0 radical (unpaired) electrons. The topological polar surface area (TPSA) is 81.9 Å². The molecule has 0 unspecified atom stereocenters. The van der Waals surface area contributed by atoms with E-state index in [-0.39, 0.29) is 5.91 Å². The predicted molar refractivity (Wildman–Crippen MR) is 117 cm³/mol. The van der Waals surface area contributed by atoms with Gasteiger partial charge in [-0.15, -0.1) is 11.3 Å². The van der Waals surface area contributed by atoms with Gasteiger partial charge in [0.05, 0.1) is 18.8 Å². The highest BCUT2D eigenvalue weighted by Crippen LogP contribution is 2.30. The number of rotatable bonds is 7. The van der Waals surface area contributed by atoms with Crippen LogP contribution in [-0.4, -0.2) is 32.3 Å². The SMILES string of the molecule is CCOc1ccc(-c2nc(C)c(C(=O)Nc3ccccc3Cn3cncn3)s2)cc1. The maximum atomic E-state index is 13.0. The van der Waals surface area contributed by atoms with Gasteiger partial charge in [-0.1, -0.05) is 18.2 Å². The van der Waals surface area contributed by atoms with Crippen molar-refractivity contribution in [2.75, 3.05) is 11.9 Å². The highest BCUT2D eigenvalue weighted by Gasteiger charge is 2.17. The first-order chi connectivity index (χ1) is 14.6. The Bertz CT molecular complexity index is 1140. The quantitative estimate of drug-likeness (QED) is 0.480. The number of hydrogen-bond acceptors (Lipinski definition) is 6. The zero-order valence-corrected chi connectivity index (χ0v) is 17.5. The van der Waals surface area contributed by atoms with Crippen molar-refractivity contribution in [2.24, 2.45) is 0 Å². The molecule has 30 heavy (non-hydrogen) atoms. The number of carbonyl (C=O) groups excluding carboxylic acids is 1. The minimum atomic E-state index is -0.173. The van der Waals surface area contributed by atoms with E-state index >= 15 is 0 Å². The van der Waals surface area contributed by atoms with Crippen LogP contribution in [0.4, 0.5) is 5.69 Å². The number of ether oxygens (including phenoxy) is 1. The summed E-state index contributed by atoms with van der Waals surface area (Å²) in [7, 11) is 0. The fraction of sp³-hybridized carbons (Fsp3) is 0.182. The van der Waals surface area contributed by atoms with Gasteiger partial charge in [0.2, 0.25) is 0 Å². The summed E-state index contributed by atoms with van der Waals surface area (Å²) >= 11 is 1.38. The van der Waals surface area contributed by atoms with E-state index in [4.69, 9.17) is 4.74 Å². The third-order valence-corrected chi connectivity index (χ3v) is 5.68. The maximum absolute atomic E-state index is 13.0. The largest absolute Gasteiger partial charge is 0.494 e. The molecule has 4 aromatic rings. The van der Waals surface area contributed by atoms with Crippen LogP contribution in [0, 0.1) is 6.92 Å². The standard InChI is InChI=1S/C22H21N5O2S/c1-3-29-18-10-8-16(9-11-18)22-25-15(2)20(30-22)21(28)26-19-7-5-4-6-17(19)12-27-14-23-13-24-27/h4-11,13-14H,3,12H2,1-2H3,(H,26,28). The van der Waals surface area contributed by atoms with Crippen molar-refractivity contribution in [2.45, 2.75) is 20.4 Å². The molecule has 8 heteroatoms. The molecule has 0 atom stereocenters. The lowest BCUT2D eigenvalue weighted by Crippen LogP contribution is -2.14. The van der Waals surface area contributed by atoms with Gasteiger partial charge in [0.25, 0.3) is 5.91 Å². The molecular weight excluding hydrogens is 398 g/mol. The van der Waals surface area contributed by atoms with Gasteiger partial charge in [-0.2, -0.15) is 5.10 Å². The normalized spacial score (nSPS) is 10.7. The van der Waals surface area contributed by atoms with Gasteiger partial charge in [0.1, 0.15) is 28.3 Å². The molecule has 0 saturated carbocycles. The van der Waals surface area contributed by atoms with Crippen molar-refractivity contribution in [1.82, 2.24) is 19.7 Å². The molecule has 1 N–H and O–H groups in total. The summed E-state index contributed by atoms with van der Waals surface area (Å²) in [5.41, 5.74) is 3.35. The van der Waals surface area contributed by atoms with E-state index in [1.165, 1.54) is 17.7 Å². The third kappa shape index (κ3) is 4.38. The fourth-order valence-corrected chi connectivity index (χ4v) is 4.01. The lowest BCUT2D eigenvalue weighted by molar-refractivity contribution is 0.102. The molecule has 0 spiro atoms. The second kappa shape index (κ2) is 8.87. The minimum Gasteiger partial charge on any atom is -0.494 e. The minimum absolute atomic E-state index is 0.173. The summed E-state index contributed by atoms with van der Waals surface area (Å²) in [5, 5.41) is 7.96. The van der Waals surface area contributed by atoms with Crippen LogP contribution in [0.2, 0.25) is 0 Å². The Hall–Kier alpha value is -3.52. The molecule has 0 fully saturated rings. The third-order valence-electron chi connectivity index (χ3n) is 4.48. The van der Waals surface area contributed by atoms with Crippen LogP contribution in [0.3, 0.4) is 0 Å². The summed E-state index contributed by atoms with van der Waals surface area (Å²) < 4.78 is 7.20. The molecular formula is C22H21N5O2S. The number of aryl methyl sites for hydroxylation is 1. The molecule has 2 heterocycles. The van der Waals surface area contributed by atoms with E-state index in [0.29, 0.717) is 23.7 Å².